The van der Waals surface area contributed by atoms with Gasteiger partial charge in [0.1, 0.15) is 22.8 Å². The molecule has 2 aromatic carbocycles. The molecule has 0 spiro atoms. The van der Waals surface area contributed by atoms with Gasteiger partial charge in [0.25, 0.3) is 0 Å². The molecule has 0 aromatic heterocycles. The zero-order chi connectivity index (χ0) is 26.1. The van der Waals surface area contributed by atoms with Gasteiger partial charge in [-0.25, -0.2) is 0 Å². The summed E-state index contributed by atoms with van der Waals surface area (Å²) in [4.78, 5) is 35.6. The minimum absolute atomic E-state index is 0.0412. The summed E-state index contributed by atoms with van der Waals surface area (Å²) in [5.41, 5.74) is -0.0381. The molecule has 2 N–H and O–H groups in total. The number of benzene rings is 2. The lowest BCUT2D eigenvalue weighted by atomic mass is 9.82. The Bertz CT molecular complexity index is 1060. The molecule has 0 saturated carbocycles. The van der Waals surface area contributed by atoms with E-state index in [4.69, 9.17) is 25.8 Å². The number of hydrogen-bond acceptors (Lipinski definition) is 6. The van der Waals surface area contributed by atoms with Crippen LogP contribution in [0.5, 0.6) is 17.2 Å². The second-order valence-electron chi connectivity index (χ2n) is 8.85. The molecule has 0 fully saturated rings. The maximum absolute atomic E-state index is 13.1. The normalized spacial score (nSPS) is 14.0. The van der Waals surface area contributed by atoms with Crippen molar-refractivity contribution in [2.24, 2.45) is 0 Å². The summed E-state index contributed by atoms with van der Waals surface area (Å²) in [7, 11) is 0. The number of ketones is 1. The topological polar surface area (TPSA) is 119 Å². The monoisotopic (exact) mass is 518 g/mol. The van der Waals surface area contributed by atoms with Crippen molar-refractivity contribution in [2.75, 3.05) is 13.2 Å². The minimum Gasteiger partial charge on any atom is -0.493 e. The standard InChI is InChI=1S/C27H31ClO8/c1-2-4-21-23(35-16-3-15-34-19-7-5-18(28)6-8-19)10-9-20-22(29)17-27(36-26(20)21,13-11-24(30)31)14-12-25(32)33/h5-10H,2-4,11-17H2,1H3,(H,30,31)(H,32,33). The van der Waals surface area contributed by atoms with E-state index in [0.717, 1.165) is 12.0 Å². The Balaban J connectivity index is 1.76. The van der Waals surface area contributed by atoms with E-state index in [1.54, 1.807) is 36.4 Å². The SMILES string of the molecule is CCCc1c(OCCCOc2ccc(Cl)cc2)ccc2c1OC(CCC(=O)O)(CCC(=O)O)CC2=O. The van der Waals surface area contributed by atoms with E-state index in [9.17, 15) is 24.6 Å². The maximum Gasteiger partial charge on any atom is 0.303 e. The van der Waals surface area contributed by atoms with Crippen molar-refractivity contribution < 1.29 is 38.8 Å². The predicted molar refractivity (Wildman–Crippen MR) is 134 cm³/mol. The first-order valence-electron chi connectivity index (χ1n) is 12.1. The van der Waals surface area contributed by atoms with Crippen molar-refractivity contribution in [3.8, 4) is 17.2 Å². The number of Topliss-reactive ketones (excluding diaryl/α,β-unsaturated/α-hetero) is 1. The fourth-order valence-corrected chi connectivity index (χ4v) is 4.37. The van der Waals surface area contributed by atoms with Crippen LogP contribution in [0.25, 0.3) is 0 Å². The highest BCUT2D eigenvalue weighted by molar-refractivity contribution is 6.30. The van der Waals surface area contributed by atoms with Crippen LogP contribution in [0.4, 0.5) is 0 Å². The average molecular weight is 519 g/mol. The van der Waals surface area contributed by atoms with Crippen LogP contribution in [-0.4, -0.2) is 46.7 Å². The average Bonchev–Trinajstić information content (AvgIpc) is 2.84. The third-order valence-corrected chi connectivity index (χ3v) is 6.29. The van der Waals surface area contributed by atoms with Gasteiger partial charge in [0, 0.05) is 29.8 Å². The summed E-state index contributed by atoms with van der Waals surface area (Å²) < 4.78 is 18.1. The molecular formula is C27H31ClO8. The van der Waals surface area contributed by atoms with Gasteiger partial charge in [-0.2, -0.15) is 0 Å². The highest BCUT2D eigenvalue weighted by atomic mass is 35.5. The minimum atomic E-state index is -1.19. The second kappa shape index (κ2) is 12.6. The first-order chi connectivity index (χ1) is 17.2. The largest absolute Gasteiger partial charge is 0.493 e. The van der Waals surface area contributed by atoms with E-state index in [1.165, 1.54) is 0 Å². The Morgan fingerprint density at radius 1 is 1.00 bits per heavy atom. The van der Waals surface area contributed by atoms with Crippen LogP contribution >= 0.6 is 11.6 Å². The van der Waals surface area contributed by atoms with Crippen LogP contribution in [-0.2, 0) is 16.0 Å². The van der Waals surface area contributed by atoms with Crippen LogP contribution in [0.3, 0.4) is 0 Å². The van der Waals surface area contributed by atoms with Gasteiger partial charge in [-0.1, -0.05) is 24.9 Å². The van der Waals surface area contributed by atoms with Gasteiger partial charge < -0.3 is 24.4 Å². The predicted octanol–water partition coefficient (Wildman–Crippen LogP) is 5.57. The quantitative estimate of drug-likeness (QED) is 0.311. The van der Waals surface area contributed by atoms with E-state index in [2.05, 4.69) is 0 Å². The summed E-state index contributed by atoms with van der Waals surface area (Å²) in [6.07, 6.45) is 1.53. The second-order valence-corrected chi connectivity index (χ2v) is 9.28. The number of ether oxygens (including phenoxy) is 3. The fourth-order valence-electron chi connectivity index (χ4n) is 4.24. The number of carboxylic acid groups (broad SMARTS) is 2. The van der Waals surface area contributed by atoms with E-state index in [0.29, 0.717) is 53.9 Å². The van der Waals surface area contributed by atoms with E-state index >= 15 is 0 Å². The zero-order valence-electron chi connectivity index (χ0n) is 20.3. The van der Waals surface area contributed by atoms with Crippen molar-refractivity contribution in [1.82, 2.24) is 0 Å². The first kappa shape index (κ1) is 27.3. The summed E-state index contributed by atoms with van der Waals surface area (Å²) in [6.45, 7) is 2.81. The van der Waals surface area contributed by atoms with Crippen LogP contribution < -0.4 is 14.2 Å². The number of halogens is 1. The number of rotatable bonds is 14. The molecule has 1 heterocycles. The molecule has 0 atom stereocenters. The first-order valence-corrected chi connectivity index (χ1v) is 12.4. The van der Waals surface area contributed by atoms with Gasteiger partial charge in [-0.05, 0) is 55.7 Å². The fraction of sp³-hybridized carbons (Fsp3) is 0.444. The van der Waals surface area contributed by atoms with Crippen molar-refractivity contribution >= 4 is 29.3 Å². The summed E-state index contributed by atoms with van der Waals surface area (Å²) >= 11 is 5.88. The Hall–Kier alpha value is -3.26. The van der Waals surface area contributed by atoms with Gasteiger partial charge >= 0.3 is 11.9 Å². The van der Waals surface area contributed by atoms with Crippen LogP contribution in [0, 0.1) is 0 Å². The van der Waals surface area contributed by atoms with Crippen LogP contribution in [0.15, 0.2) is 36.4 Å². The third-order valence-electron chi connectivity index (χ3n) is 6.04. The number of carbonyl (C=O) groups excluding carboxylic acids is 1. The molecule has 0 radical (unpaired) electrons. The number of carboxylic acids is 2. The van der Waals surface area contributed by atoms with E-state index < -0.39 is 17.5 Å². The van der Waals surface area contributed by atoms with Gasteiger partial charge in [-0.15, -0.1) is 0 Å². The summed E-state index contributed by atoms with van der Waals surface area (Å²) in [6, 6.07) is 10.5. The molecule has 1 aliphatic rings. The number of aliphatic carboxylic acids is 2. The molecule has 194 valence electrons. The van der Waals surface area contributed by atoms with Crippen LogP contribution in [0.1, 0.15) is 67.8 Å². The molecule has 0 saturated heterocycles. The Morgan fingerprint density at radius 3 is 2.25 bits per heavy atom. The maximum atomic E-state index is 13.1. The molecule has 0 amide bonds. The van der Waals surface area contributed by atoms with Gasteiger partial charge in [-0.3, -0.25) is 14.4 Å². The summed E-state index contributed by atoms with van der Waals surface area (Å²) in [5, 5.41) is 19.1. The van der Waals surface area contributed by atoms with Crippen molar-refractivity contribution in [1.29, 1.82) is 0 Å². The molecule has 0 aliphatic carbocycles. The highest BCUT2D eigenvalue weighted by Crippen LogP contribution is 2.44. The van der Waals surface area contributed by atoms with Gasteiger partial charge in [0.2, 0.25) is 0 Å². The van der Waals surface area contributed by atoms with Gasteiger partial charge in [0.15, 0.2) is 5.78 Å². The number of hydrogen-bond donors (Lipinski definition) is 2. The number of fused-ring (bicyclic) bond motifs is 1. The third kappa shape index (κ3) is 7.37. The van der Waals surface area contributed by atoms with Crippen molar-refractivity contribution in [3.05, 3.63) is 52.5 Å². The Morgan fingerprint density at radius 2 is 1.64 bits per heavy atom. The highest BCUT2D eigenvalue weighted by Gasteiger charge is 2.42. The zero-order valence-corrected chi connectivity index (χ0v) is 21.0. The molecule has 0 bridgehead atoms. The molecule has 8 nitrogen and oxygen atoms in total. The van der Waals surface area contributed by atoms with Crippen molar-refractivity contribution in [3.63, 3.8) is 0 Å². The molecular weight excluding hydrogens is 488 g/mol. The molecule has 0 unspecified atom stereocenters. The Labute approximate surface area is 215 Å². The lowest BCUT2D eigenvalue weighted by Gasteiger charge is -2.39. The Kier molecular flexibility index (Phi) is 9.58. The van der Waals surface area contributed by atoms with Crippen molar-refractivity contribution in [2.45, 2.75) is 63.9 Å². The van der Waals surface area contributed by atoms with Crippen LogP contribution in [0.2, 0.25) is 5.02 Å². The molecule has 9 heteroatoms. The van der Waals surface area contributed by atoms with Gasteiger partial charge in [0.05, 0.1) is 25.2 Å². The molecule has 2 aromatic rings. The smallest absolute Gasteiger partial charge is 0.303 e. The molecule has 1 aliphatic heterocycles. The lowest BCUT2D eigenvalue weighted by Crippen LogP contribution is -2.43. The van der Waals surface area contributed by atoms with E-state index in [-0.39, 0.29) is 37.9 Å². The lowest BCUT2D eigenvalue weighted by molar-refractivity contribution is -0.139. The molecule has 3 rings (SSSR count). The summed E-state index contributed by atoms with van der Waals surface area (Å²) in [5.74, 6) is -0.574. The number of carbonyl (C=O) groups is 3. The molecule has 36 heavy (non-hydrogen) atoms. The van der Waals surface area contributed by atoms with E-state index in [1.807, 2.05) is 6.92 Å².